The van der Waals surface area contributed by atoms with Gasteiger partial charge >= 0.3 is 6.18 Å². The molecule has 1 N–H and O–H groups in total. The molecule has 0 fully saturated rings. The van der Waals surface area contributed by atoms with E-state index in [9.17, 15) is 18.0 Å². The number of alkyl halides is 3. The molecule has 0 aromatic heterocycles. The maximum Gasteiger partial charge on any atom is 0.389 e. The van der Waals surface area contributed by atoms with E-state index in [4.69, 9.17) is 23.2 Å². The van der Waals surface area contributed by atoms with E-state index >= 15 is 0 Å². The van der Waals surface area contributed by atoms with Crippen LogP contribution in [0.5, 0.6) is 0 Å². The van der Waals surface area contributed by atoms with Gasteiger partial charge in [0.05, 0.1) is 10.6 Å². The Morgan fingerprint density at radius 1 is 1.28 bits per heavy atom. The Hall–Kier alpha value is -0.940. The number of carbonyl (C=O) groups is 1. The van der Waals surface area contributed by atoms with Crippen LogP contribution in [0.3, 0.4) is 0 Å². The van der Waals surface area contributed by atoms with Crippen LogP contribution in [0.25, 0.3) is 0 Å². The average molecular weight is 300 g/mol. The van der Waals surface area contributed by atoms with E-state index < -0.39 is 18.5 Å². The molecule has 1 amide bonds. The van der Waals surface area contributed by atoms with Crippen LogP contribution in [0.1, 0.15) is 23.2 Å². The highest BCUT2D eigenvalue weighted by Crippen LogP contribution is 2.22. The summed E-state index contributed by atoms with van der Waals surface area (Å²) in [6.07, 6.45) is -5.32. The zero-order valence-corrected chi connectivity index (χ0v) is 10.7. The fourth-order valence-corrected chi connectivity index (χ4v) is 1.63. The summed E-state index contributed by atoms with van der Waals surface area (Å²) in [5.74, 6) is -0.537. The number of nitrogens with one attached hydrogen (secondary N) is 1. The summed E-state index contributed by atoms with van der Waals surface area (Å²) >= 11 is 11.5. The van der Waals surface area contributed by atoms with Crippen LogP contribution in [0.2, 0.25) is 10.0 Å². The van der Waals surface area contributed by atoms with Gasteiger partial charge in [-0.05, 0) is 24.6 Å². The molecule has 0 saturated heterocycles. The Bertz CT molecular complexity index is 435. The van der Waals surface area contributed by atoms with Crippen molar-refractivity contribution in [2.75, 3.05) is 6.54 Å². The van der Waals surface area contributed by atoms with Gasteiger partial charge in [-0.1, -0.05) is 23.2 Å². The summed E-state index contributed by atoms with van der Waals surface area (Å²) in [5.41, 5.74) is 0.149. The molecule has 7 heteroatoms. The molecule has 0 aliphatic heterocycles. The van der Waals surface area contributed by atoms with Crippen molar-refractivity contribution < 1.29 is 18.0 Å². The van der Waals surface area contributed by atoms with E-state index in [1.165, 1.54) is 18.2 Å². The van der Waals surface area contributed by atoms with Crippen LogP contribution in [-0.4, -0.2) is 18.6 Å². The van der Waals surface area contributed by atoms with Crippen molar-refractivity contribution >= 4 is 29.1 Å². The van der Waals surface area contributed by atoms with Gasteiger partial charge in [-0.2, -0.15) is 13.2 Å². The van der Waals surface area contributed by atoms with Gasteiger partial charge in [-0.3, -0.25) is 4.79 Å². The van der Waals surface area contributed by atoms with Crippen molar-refractivity contribution in [3.8, 4) is 0 Å². The van der Waals surface area contributed by atoms with Gasteiger partial charge in [0, 0.05) is 18.0 Å². The van der Waals surface area contributed by atoms with E-state index in [1.807, 2.05) is 0 Å². The number of carbonyl (C=O) groups excluding carboxylic acids is 1. The molecule has 18 heavy (non-hydrogen) atoms. The molecule has 1 rings (SSSR count). The van der Waals surface area contributed by atoms with E-state index in [-0.39, 0.29) is 23.6 Å². The first-order valence-electron chi connectivity index (χ1n) is 5.09. The van der Waals surface area contributed by atoms with E-state index in [1.54, 1.807) is 0 Å². The SMILES string of the molecule is O=C(NCCCC(F)(F)F)c1cc(Cl)ccc1Cl. The van der Waals surface area contributed by atoms with Crippen LogP contribution in [0, 0.1) is 0 Å². The summed E-state index contributed by atoms with van der Waals surface area (Å²) < 4.78 is 35.6. The lowest BCUT2D eigenvalue weighted by Crippen LogP contribution is -2.25. The Morgan fingerprint density at radius 3 is 2.56 bits per heavy atom. The molecular weight excluding hydrogens is 290 g/mol. The lowest BCUT2D eigenvalue weighted by Gasteiger charge is -2.08. The monoisotopic (exact) mass is 299 g/mol. The second-order valence-corrected chi connectivity index (χ2v) is 4.44. The van der Waals surface area contributed by atoms with Crippen LogP contribution in [0.4, 0.5) is 13.2 Å². The maximum atomic E-state index is 11.9. The lowest BCUT2D eigenvalue weighted by atomic mass is 10.2. The Kier molecular flexibility index (Phi) is 5.28. The number of hydrogen-bond acceptors (Lipinski definition) is 1. The summed E-state index contributed by atoms with van der Waals surface area (Å²) in [4.78, 5) is 11.6. The molecule has 0 bridgehead atoms. The standard InChI is InChI=1S/C11H10Cl2F3NO/c12-7-2-3-9(13)8(6-7)10(18)17-5-1-4-11(14,15)16/h2-3,6H,1,4-5H2,(H,17,18). The smallest absolute Gasteiger partial charge is 0.352 e. The second-order valence-electron chi connectivity index (χ2n) is 3.60. The maximum absolute atomic E-state index is 11.9. The molecular formula is C11H10Cl2F3NO. The van der Waals surface area contributed by atoms with Gasteiger partial charge in [-0.25, -0.2) is 0 Å². The van der Waals surface area contributed by atoms with Crippen molar-refractivity contribution in [2.45, 2.75) is 19.0 Å². The van der Waals surface area contributed by atoms with Crippen molar-refractivity contribution in [3.63, 3.8) is 0 Å². The third kappa shape index (κ3) is 5.14. The highest BCUT2D eigenvalue weighted by atomic mass is 35.5. The van der Waals surface area contributed by atoms with Crippen molar-refractivity contribution in [1.29, 1.82) is 0 Å². The van der Waals surface area contributed by atoms with Crippen molar-refractivity contribution in [3.05, 3.63) is 33.8 Å². The summed E-state index contributed by atoms with van der Waals surface area (Å²) in [7, 11) is 0. The van der Waals surface area contributed by atoms with E-state index in [0.717, 1.165) is 0 Å². The van der Waals surface area contributed by atoms with Gasteiger partial charge in [0.15, 0.2) is 0 Å². The Morgan fingerprint density at radius 2 is 1.94 bits per heavy atom. The number of hydrogen-bond donors (Lipinski definition) is 1. The van der Waals surface area contributed by atoms with Gasteiger partial charge in [0.2, 0.25) is 0 Å². The van der Waals surface area contributed by atoms with Crippen LogP contribution in [-0.2, 0) is 0 Å². The number of benzene rings is 1. The molecule has 2 nitrogen and oxygen atoms in total. The predicted octanol–water partition coefficient (Wildman–Crippen LogP) is 4.07. The summed E-state index contributed by atoms with van der Waals surface area (Å²) in [6, 6.07) is 4.34. The number of amides is 1. The van der Waals surface area contributed by atoms with Crippen molar-refractivity contribution in [1.82, 2.24) is 5.32 Å². The Balaban J connectivity index is 2.48. The summed E-state index contributed by atoms with van der Waals surface area (Å²) in [5, 5.41) is 2.89. The largest absolute Gasteiger partial charge is 0.389 e. The molecule has 1 aromatic carbocycles. The topological polar surface area (TPSA) is 29.1 Å². The van der Waals surface area contributed by atoms with Crippen LogP contribution >= 0.6 is 23.2 Å². The number of halogens is 5. The van der Waals surface area contributed by atoms with Crippen LogP contribution in [0.15, 0.2) is 18.2 Å². The molecule has 1 aromatic rings. The lowest BCUT2D eigenvalue weighted by molar-refractivity contribution is -0.135. The molecule has 0 unspecified atom stereocenters. The fraction of sp³-hybridized carbons (Fsp3) is 0.364. The summed E-state index contributed by atoms with van der Waals surface area (Å²) in [6.45, 7) is -0.0683. The first-order chi connectivity index (χ1) is 8.29. The quantitative estimate of drug-likeness (QED) is 0.835. The third-order valence-electron chi connectivity index (χ3n) is 2.10. The zero-order valence-electron chi connectivity index (χ0n) is 9.15. The van der Waals surface area contributed by atoms with Gasteiger partial charge < -0.3 is 5.32 Å². The van der Waals surface area contributed by atoms with Gasteiger partial charge in [0.1, 0.15) is 0 Å². The average Bonchev–Trinajstić information content (AvgIpc) is 2.26. The highest BCUT2D eigenvalue weighted by molar-refractivity contribution is 6.35. The molecule has 0 saturated carbocycles. The zero-order chi connectivity index (χ0) is 13.8. The molecule has 0 spiro atoms. The van der Waals surface area contributed by atoms with Gasteiger partial charge in [-0.15, -0.1) is 0 Å². The van der Waals surface area contributed by atoms with Gasteiger partial charge in [0.25, 0.3) is 5.91 Å². The van der Waals surface area contributed by atoms with Crippen molar-refractivity contribution in [2.24, 2.45) is 0 Å². The number of rotatable bonds is 4. The normalized spacial score (nSPS) is 11.4. The minimum absolute atomic E-state index is 0.0683. The molecule has 0 aliphatic carbocycles. The molecule has 100 valence electrons. The predicted molar refractivity (Wildman–Crippen MR) is 64.1 cm³/mol. The van der Waals surface area contributed by atoms with E-state index in [0.29, 0.717) is 5.02 Å². The molecule has 0 atom stereocenters. The molecule has 0 heterocycles. The van der Waals surface area contributed by atoms with E-state index in [2.05, 4.69) is 5.32 Å². The first kappa shape index (κ1) is 15.1. The molecule has 0 radical (unpaired) electrons. The minimum Gasteiger partial charge on any atom is -0.352 e. The first-order valence-corrected chi connectivity index (χ1v) is 5.85. The highest BCUT2D eigenvalue weighted by Gasteiger charge is 2.26. The van der Waals surface area contributed by atoms with Crippen LogP contribution < -0.4 is 5.32 Å². The Labute approximate surface area is 112 Å². The second kappa shape index (κ2) is 6.29. The fourth-order valence-electron chi connectivity index (χ4n) is 1.26. The minimum atomic E-state index is -4.21. The third-order valence-corrected chi connectivity index (χ3v) is 2.66. The molecule has 0 aliphatic rings.